The molecule has 1 aromatic heterocycles. The zero-order valence-corrected chi connectivity index (χ0v) is 20.5. The van der Waals surface area contributed by atoms with E-state index in [9.17, 15) is 14.4 Å². The fourth-order valence-electron chi connectivity index (χ4n) is 3.47. The lowest BCUT2D eigenvalue weighted by Crippen LogP contribution is -2.22. The summed E-state index contributed by atoms with van der Waals surface area (Å²) in [6.07, 6.45) is 2.22. The van der Waals surface area contributed by atoms with Crippen LogP contribution in [-0.4, -0.2) is 24.4 Å². The van der Waals surface area contributed by atoms with E-state index < -0.39 is 18.5 Å². The molecule has 3 rings (SSSR count). The highest BCUT2D eigenvalue weighted by atomic mass is 32.1. The SMILES string of the molecule is CCc1cccc(C)c1NC(=O)COC(=O)c1c(-c2ccccc2)csc1NC(=O)C=C(C)C. The number of aryl methyl sites for hydroxylation is 2. The van der Waals surface area contributed by atoms with E-state index in [4.69, 9.17) is 4.74 Å². The molecular weight excluding hydrogens is 448 g/mol. The second kappa shape index (κ2) is 11.4. The Morgan fingerprint density at radius 2 is 1.74 bits per heavy atom. The third kappa shape index (κ3) is 6.20. The number of esters is 1. The number of thiophene rings is 1. The summed E-state index contributed by atoms with van der Waals surface area (Å²) in [5, 5.41) is 7.79. The third-order valence-corrected chi connectivity index (χ3v) is 5.97. The zero-order valence-electron chi connectivity index (χ0n) is 19.7. The van der Waals surface area contributed by atoms with E-state index in [1.54, 1.807) is 5.38 Å². The van der Waals surface area contributed by atoms with Gasteiger partial charge in [0.15, 0.2) is 6.61 Å². The Morgan fingerprint density at radius 1 is 1.00 bits per heavy atom. The number of nitrogens with one attached hydrogen (secondary N) is 2. The van der Waals surface area contributed by atoms with Gasteiger partial charge in [-0.25, -0.2) is 4.79 Å². The molecule has 0 saturated carbocycles. The van der Waals surface area contributed by atoms with Crippen LogP contribution in [0.5, 0.6) is 0 Å². The predicted molar refractivity (Wildman–Crippen MR) is 137 cm³/mol. The van der Waals surface area contributed by atoms with Crippen LogP contribution in [0.25, 0.3) is 11.1 Å². The zero-order chi connectivity index (χ0) is 24.7. The Bertz CT molecular complexity index is 1220. The van der Waals surface area contributed by atoms with E-state index >= 15 is 0 Å². The first-order valence-electron chi connectivity index (χ1n) is 11.0. The van der Waals surface area contributed by atoms with E-state index in [-0.39, 0.29) is 11.5 Å². The van der Waals surface area contributed by atoms with Crippen molar-refractivity contribution in [3.63, 3.8) is 0 Å². The van der Waals surface area contributed by atoms with Crippen LogP contribution in [0, 0.1) is 6.92 Å². The van der Waals surface area contributed by atoms with E-state index in [1.807, 2.05) is 76.2 Å². The molecule has 7 heteroatoms. The molecule has 0 radical (unpaired) electrons. The first kappa shape index (κ1) is 24.9. The van der Waals surface area contributed by atoms with E-state index in [0.29, 0.717) is 10.6 Å². The van der Waals surface area contributed by atoms with Crippen LogP contribution >= 0.6 is 11.3 Å². The van der Waals surface area contributed by atoms with Crippen LogP contribution in [0.2, 0.25) is 0 Å². The van der Waals surface area contributed by atoms with Gasteiger partial charge < -0.3 is 15.4 Å². The molecule has 2 N–H and O–H groups in total. The summed E-state index contributed by atoms with van der Waals surface area (Å²) in [5.74, 6) is -1.44. The van der Waals surface area contributed by atoms with Crippen molar-refractivity contribution in [1.29, 1.82) is 0 Å². The first-order valence-corrected chi connectivity index (χ1v) is 11.9. The molecule has 0 bridgehead atoms. The molecule has 176 valence electrons. The Kier molecular flexibility index (Phi) is 8.38. The Balaban J connectivity index is 1.81. The van der Waals surface area contributed by atoms with Gasteiger partial charge in [-0.2, -0.15) is 0 Å². The molecular formula is C27H28N2O4S. The lowest BCUT2D eigenvalue weighted by atomic mass is 10.0. The number of carbonyl (C=O) groups is 3. The molecule has 0 fully saturated rings. The van der Waals surface area contributed by atoms with Crippen molar-refractivity contribution in [2.24, 2.45) is 0 Å². The molecule has 1 heterocycles. The summed E-state index contributed by atoms with van der Waals surface area (Å²) >= 11 is 1.24. The number of amides is 2. The van der Waals surface area contributed by atoms with Crippen LogP contribution in [0.4, 0.5) is 10.7 Å². The second-order valence-electron chi connectivity index (χ2n) is 8.02. The van der Waals surface area contributed by atoms with E-state index in [2.05, 4.69) is 10.6 Å². The highest BCUT2D eigenvalue weighted by Gasteiger charge is 2.23. The van der Waals surface area contributed by atoms with Crippen molar-refractivity contribution in [2.75, 3.05) is 17.2 Å². The molecule has 2 aromatic carbocycles. The molecule has 0 aliphatic rings. The van der Waals surface area contributed by atoms with Gasteiger partial charge in [-0.05, 0) is 43.9 Å². The minimum Gasteiger partial charge on any atom is -0.452 e. The molecule has 0 spiro atoms. The van der Waals surface area contributed by atoms with Gasteiger partial charge in [-0.15, -0.1) is 11.3 Å². The average molecular weight is 477 g/mol. The Morgan fingerprint density at radius 3 is 2.41 bits per heavy atom. The van der Waals surface area contributed by atoms with Gasteiger partial charge >= 0.3 is 5.97 Å². The average Bonchev–Trinajstić information content (AvgIpc) is 3.22. The minimum atomic E-state index is -0.678. The van der Waals surface area contributed by atoms with Gasteiger partial charge in [0.05, 0.1) is 0 Å². The van der Waals surface area contributed by atoms with E-state index in [0.717, 1.165) is 34.4 Å². The summed E-state index contributed by atoms with van der Waals surface area (Å²) in [5.41, 5.74) is 5.19. The molecule has 34 heavy (non-hydrogen) atoms. The van der Waals surface area contributed by atoms with Gasteiger partial charge in [0.1, 0.15) is 10.6 Å². The lowest BCUT2D eigenvalue weighted by Gasteiger charge is -2.13. The number of benzene rings is 2. The fourth-order valence-corrected chi connectivity index (χ4v) is 4.43. The number of ether oxygens (including phenoxy) is 1. The first-order chi connectivity index (χ1) is 16.3. The van der Waals surface area contributed by atoms with Crippen molar-refractivity contribution >= 4 is 39.8 Å². The number of rotatable bonds is 8. The maximum Gasteiger partial charge on any atom is 0.342 e. The molecule has 0 aliphatic carbocycles. The summed E-state index contributed by atoms with van der Waals surface area (Å²) in [4.78, 5) is 38.0. The number of anilines is 2. The molecule has 6 nitrogen and oxygen atoms in total. The number of hydrogen-bond acceptors (Lipinski definition) is 5. The monoisotopic (exact) mass is 476 g/mol. The number of hydrogen-bond donors (Lipinski definition) is 2. The smallest absolute Gasteiger partial charge is 0.342 e. The van der Waals surface area contributed by atoms with Crippen LogP contribution in [0.3, 0.4) is 0 Å². The van der Waals surface area contributed by atoms with Gasteiger partial charge in [0, 0.05) is 22.7 Å². The van der Waals surface area contributed by atoms with Crippen molar-refractivity contribution in [1.82, 2.24) is 0 Å². The van der Waals surface area contributed by atoms with Crippen molar-refractivity contribution in [2.45, 2.75) is 34.1 Å². The maximum atomic E-state index is 13.1. The minimum absolute atomic E-state index is 0.227. The van der Waals surface area contributed by atoms with Crippen LogP contribution in [0.1, 0.15) is 42.3 Å². The number of carbonyl (C=O) groups excluding carboxylic acids is 3. The Labute approximate surface area is 203 Å². The normalized spacial score (nSPS) is 10.4. The van der Waals surface area contributed by atoms with Crippen molar-refractivity contribution < 1.29 is 19.1 Å². The van der Waals surface area contributed by atoms with Crippen molar-refractivity contribution in [3.05, 3.63) is 82.3 Å². The summed E-state index contributed by atoms with van der Waals surface area (Å²) < 4.78 is 5.39. The molecule has 0 unspecified atom stereocenters. The third-order valence-electron chi connectivity index (χ3n) is 5.08. The quantitative estimate of drug-likeness (QED) is 0.309. The van der Waals surface area contributed by atoms with Crippen LogP contribution in [-0.2, 0) is 20.7 Å². The van der Waals surface area contributed by atoms with Crippen molar-refractivity contribution in [3.8, 4) is 11.1 Å². The summed E-state index contributed by atoms with van der Waals surface area (Å²) in [7, 11) is 0. The van der Waals surface area contributed by atoms with Gasteiger partial charge in [-0.1, -0.05) is 61.0 Å². The van der Waals surface area contributed by atoms with Gasteiger partial charge in [-0.3, -0.25) is 9.59 Å². The highest BCUT2D eigenvalue weighted by Crippen LogP contribution is 2.36. The largest absolute Gasteiger partial charge is 0.452 e. The number of allylic oxidation sites excluding steroid dienone is 1. The molecule has 2 amide bonds. The maximum absolute atomic E-state index is 13.1. The predicted octanol–water partition coefficient (Wildman–Crippen LogP) is 5.99. The molecule has 3 aromatic rings. The lowest BCUT2D eigenvalue weighted by molar-refractivity contribution is -0.119. The van der Waals surface area contributed by atoms with Crippen LogP contribution < -0.4 is 10.6 Å². The Hall–Kier alpha value is -3.71. The topological polar surface area (TPSA) is 84.5 Å². The van der Waals surface area contributed by atoms with Gasteiger partial charge in [0.25, 0.3) is 5.91 Å². The number of para-hydroxylation sites is 1. The van der Waals surface area contributed by atoms with Crippen LogP contribution in [0.15, 0.2) is 65.6 Å². The van der Waals surface area contributed by atoms with Gasteiger partial charge in [0.2, 0.25) is 5.91 Å². The molecule has 0 aliphatic heterocycles. The fraction of sp³-hybridized carbons (Fsp3) is 0.222. The standard InChI is InChI=1S/C27H28N2O4S/c1-5-19-13-9-10-18(4)25(19)28-23(31)15-33-27(32)24-21(20-11-7-6-8-12-20)16-34-26(24)29-22(30)14-17(2)3/h6-14,16H,5,15H2,1-4H3,(H,28,31)(H,29,30). The van der Waals surface area contributed by atoms with E-state index in [1.165, 1.54) is 17.4 Å². The molecule has 0 atom stereocenters. The second-order valence-corrected chi connectivity index (χ2v) is 8.90. The highest BCUT2D eigenvalue weighted by molar-refractivity contribution is 7.15. The summed E-state index contributed by atoms with van der Waals surface area (Å²) in [6.45, 7) is 7.11. The molecule has 0 saturated heterocycles. The summed E-state index contributed by atoms with van der Waals surface area (Å²) in [6, 6.07) is 15.2.